The van der Waals surface area contributed by atoms with E-state index in [0.29, 0.717) is 5.69 Å². The van der Waals surface area contributed by atoms with Crippen LogP contribution in [0.15, 0.2) is 18.2 Å². The SMILES string of the molecule is CC(C)S(=O)(=O)CCOc1cc(N)ccc1C(=O)O. The Morgan fingerprint density at radius 3 is 2.58 bits per heavy atom. The lowest BCUT2D eigenvalue weighted by molar-refractivity contribution is 0.0692. The first-order chi connectivity index (χ1) is 8.74. The molecule has 0 aliphatic carbocycles. The van der Waals surface area contributed by atoms with Gasteiger partial charge in [-0.2, -0.15) is 0 Å². The summed E-state index contributed by atoms with van der Waals surface area (Å²) in [4.78, 5) is 11.0. The molecule has 1 rings (SSSR count). The van der Waals surface area contributed by atoms with Crippen LogP contribution in [0.5, 0.6) is 5.75 Å². The maximum Gasteiger partial charge on any atom is 0.339 e. The third kappa shape index (κ3) is 4.13. The second-order valence-electron chi connectivity index (χ2n) is 4.32. The van der Waals surface area contributed by atoms with Gasteiger partial charge in [-0.25, -0.2) is 13.2 Å². The van der Waals surface area contributed by atoms with Crippen LogP contribution >= 0.6 is 0 Å². The summed E-state index contributed by atoms with van der Waals surface area (Å²) in [5.41, 5.74) is 5.85. The number of carbonyl (C=O) groups is 1. The van der Waals surface area contributed by atoms with Crippen LogP contribution in [-0.2, 0) is 9.84 Å². The molecule has 0 atom stereocenters. The number of sulfone groups is 1. The van der Waals surface area contributed by atoms with Gasteiger partial charge in [-0.3, -0.25) is 0 Å². The maximum absolute atomic E-state index is 11.6. The zero-order valence-corrected chi connectivity index (χ0v) is 11.6. The van der Waals surface area contributed by atoms with Crippen LogP contribution in [-0.4, -0.2) is 37.1 Å². The number of ether oxygens (including phenoxy) is 1. The van der Waals surface area contributed by atoms with E-state index >= 15 is 0 Å². The van der Waals surface area contributed by atoms with Crippen LogP contribution in [0, 0.1) is 0 Å². The van der Waals surface area contributed by atoms with Gasteiger partial charge >= 0.3 is 5.97 Å². The summed E-state index contributed by atoms with van der Waals surface area (Å²) < 4.78 is 28.4. The summed E-state index contributed by atoms with van der Waals surface area (Å²) in [5, 5.41) is 8.47. The fourth-order valence-corrected chi connectivity index (χ4v) is 2.13. The Bertz CT molecular complexity index is 565. The number of carboxylic acid groups (broad SMARTS) is 1. The number of benzene rings is 1. The number of nitrogen functional groups attached to an aromatic ring is 1. The number of hydrogen-bond acceptors (Lipinski definition) is 5. The molecule has 7 heteroatoms. The molecule has 0 heterocycles. The van der Waals surface area contributed by atoms with Crippen molar-refractivity contribution in [2.24, 2.45) is 0 Å². The monoisotopic (exact) mass is 287 g/mol. The zero-order valence-electron chi connectivity index (χ0n) is 10.8. The van der Waals surface area contributed by atoms with Gasteiger partial charge in [0.1, 0.15) is 17.9 Å². The number of carboxylic acids is 1. The third-order valence-electron chi connectivity index (χ3n) is 2.58. The zero-order chi connectivity index (χ0) is 14.6. The van der Waals surface area contributed by atoms with E-state index in [2.05, 4.69) is 0 Å². The van der Waals surface area contributed by atoms with E-state index in [1.54, 1.807) is 13.8 Å². The molecule has 106 valence electrons. The van der Waals surface area contributed by atoms with Crippen molar-refractivity contribution in [2.75, 3.05) is 18.1 Å². The first kappa shape index (κ1) is 15.3. The minimum absolute atomic E-state index is 0.0452. The summed E-state index contributed by atoms with van der Waals surface area (Å²) in [6, 6.07) is 4.14. The number of nitrogens with two attached hydrogens (primary N) is 1. The average Bonchev–Trinajstić information content (AvgIpc) is 2.28. The predicted molar refractivity (Wildman–Crippen MR) is 72.2 cm³/mol. The number of aromatic carboxylic acids is 1. The molecule has 3 N–H and O–H groups in total. The number of anilines is 1. The van der Waals surface area contributed by atoms with Crippen LogP contribution in [0.4, 0.5) is 5.69 Å². The molecule has 6 nitrogen and oxygen atoms in total. The van der Waals surface area contributed by atoms with E-state index in [4.69, 9.17) is 15.6 Å². The lowest BCUT2D eigenvalue weighted by Crippen LogP contribution is -2.22. The number of hydrogen-bond donors (Lipinski definition) is 2. The highest BCUT2D eigenvalue weighted by Crippen LogP contribution is 2.22. The number of rotatable bonds is 6. The predicted octanol–water partition coefficient (Wildman–Crippen LogP) is 1.17. The topological polar surface area (TPSA) is 107 Å². The fraction of sp³-hybridized carbons (Fsp3) is 0.417. The molecule has 0 saturated heterocycles. The highest BCUT2D eigenvalue weighted by Gasteiger charge is 2.17. The summed E-state index contributed by atoms with van der Waals surface area (Å²) >= 11 is 0. The quantitative estimate of drug-likeness (QED) is 0.760. The molecule has 0 bridgehead atoms. The smallest absolute Gasteiger partial charge is 0.339 e. The van der Waals surface area contributed by atoms with Crippen molar-refractivity contribution < 1.29 is 23.1 Å². The molecule has 0 fully saturated rings. The highest BCUT2D eigenvalue weighted by molar-refractivity contribution is 7.91. The maximum atomic E-state index is 11.6. The van der Waals surface area contributed by atoms with Gasteiger partial charge in [0.25, 0.3) is 0 Å². The van der Waals surface area contributed by atoms with Gasteiger partial charge in [0.05, 0.1) is 11.0 Å². The van der Waals surface area contributed by atoms with Gasteiger partial charge in [-0.15, -0.1) is 0 Å². The van der Waals surface area contributed by atoms with Gasteiger partial charge in [-0.1, -0.05) is 0 Å². The molecule has 0 aromatic heterocycles. The third-order valence-corrected chi connectivity index (χ3v) is 4.75. The van der Waals surface area contributed by atoms with E-state index in [1.165, 1.54) is 18.2 Å². The Kier molecular flexibility index (Phi) is 4.77. The second-order valence-corrected chi connectivity index (χ2v) is 7.00. The highest BCUT2D eigenvalue weighted by atomic mass is 32.2. The Hall–Kier alpha value is -1.76. The largest absolute Gasteiger partial charge is 0.492 e. The normalized spacial score (nSPS) is 11.5. The van der Waals surface area contributed by atoms with Crippen LogP contribution < -0.4 is 10.5 Å². The lowest BCUT2D eigenvalue weighted by atomic mass is 10.2. The van der Waals surface area contributed by atoms with E-state index in [0.717, 1.165) is 0 Å². The first-order valence-electron chi connectivity index (χ1n) is 5.71. The molecule has 19 heavy (non-hydrogen) atoms. The van der Waals surface area contributed by atoms with E-state index < -0.39 is 21.1 Å². The van der Waals surface area contributed by atoms with Crippen molar-refractivity contribution in [3.05, 3.63) is 23.8 Å². The van der Waals surface area contributed by atoms with Crippen LogP contribution in [0.3, 0.4) is 0 Å². The minimum atomic E-state index is -3.22. The summed E-state index contributed by atoms with van der Waals surface area (Å²) in [6.07, 6.45) is 0. The molecule has 0 saturated carbocycles. The van der Waals surface area contributed by atoms with E-state index in [9.17, 15) is 13.2 Å². The van der Waals surface area contributed by atoms with Gasteiger partial charge in [0.2, 0.25) is 0 Å². The Morgan fingerprint density at radius 1 is 1.42 bits per heavy atom. The van der Waals surface area contributed by atoms with Gasteiger partial charge < -0.3 is 15.6 Å². The van der Waals surface area contributed by atoms with Crippen molar-refractivity contribution in [2.45, 2.75) is 19.1 Å². The summed E-state index contributed by atoms with van der Waals surface area (Å²) in [7, 11) is -3.22. The van der Waals surface area contributed by atoms with Gasteiger partial charge in [0, 0.05) is 11.8 Å². The second kappa shape index (κ2) is 5.92. The molecule has 1 aromatic rings. The van der Waals surface area contributed by atoms with E-state index in [-0.39, 0.29) is 23.7 Å². The molecule has 0 aliphatic rings. The standard InChI is InChI=1S/C12H17NO5S/c1-8(2)19(16,17)6-5-18-11-7-9(13)3-4-10(11)12(14)15/h3-4,7-8H,5-6,13H2,1-2H3,(H,14,15). The van der Waals surface area contributed by atoms with E-state index in [1.807, 2.05) is 0 Å². The molecule has 1 aromatic carbocycles. The Balaban J connectivity index is 2.78. The lowest BCUT2D eigenvalue weighted by Gasteiger charge is -2.11. The minimum Gasteiger partial charge on any atom is -0.492 e. The van der Waals surface area contributed by atoms with Crippen molar-refractivity contribution in [1.29, 1.82) is 0 Å². The molecular weight excluding hydrogens is 270 g/mol. The molecular formula is C12H17NO5S. The molecule has 0 spiro atoms. The fourth-order valence-electron chi connectivity index (χ4n) is 1.34. The van der Waals surface area contributed by atoms with Crippen molar-refractivity contribution in [1.82, 2.24) is 0 Å². The van der Waals surface area contributed by atoms with Crippen molar-refractivity contribution >= 4 is 21.5 Å². The molecule has 0 radical (unpaired) electrons. The van der Waals surface area contributed by atoms with Crippen LogP contribution in [0.1, 0.15) is 24.2 Å². The molecule has 0 unspecified atom stereocenters. The Labute approximate surface area is 112 Å². The average molecular weight is 287 g/mol. The van der Waals surface area contributed by atoms with Crippen molar-refractivity contribution in [3.8, 4) is 5.75 Å². The Morgan fingerprint density at radius 2 is 2.05 bits per heavy atom. The van der Waals surface area contributed by atoms with Gasteiger partial charge in [0.15, 0.2) is 9.84 Å². The van der Waals surface area contributed by atoms with Crippen LogP contribution in [0.25, 0.3) is 0 Å². The van der Waals surface area contributed by atoms with Crippen molar-refractivity contribution in [3.63, 3.8) is 0 Å². The summed E-state index contributed by atoms with van der Waals surface area (Å²) in [5.74, 6) is -1.24. The van der Waals surface area contributed by atoms with Crippen LogP contribution in [0.2, 0.25) is 0 Å². The molecule has 0 aliphatic heterocycles. The molecule has 0 amide bonds. The van der Waals surface area contributed by atoms with Gasteiger partial charge in [-0.05, 0) is 26.0 Å². The first-order valence-corrected chi connectivity index (χ1v) is 7.43. The summed E-state index contributed by atoms with van der Waals surface area (Å²) in [6.45, 7) is 3.06.